The van der Waals surface area contributed by atoms with Crippen LogP contribution in [0, 0.1) is 0 Å². The number of aliphatic hydroxyl groups excluding tert-OH is 1. The van der Waals surface area contributed by atoms with Gasteiger partial charge in [-0.05, 0) is 30.7 Å². The van der Waals surface area contributed by atoms with Gasteiger partial charge in [0.15, 0.2) is 5.83 Å². The minimum Gasteiger partial charge on any atom is -0.434 e. The summed E-state index contributed by atoms with van der Waals surface area (Å²) in [5.74, 6) is -2.27. The van der Waals surface area contributed by atoms with Gasteiger partial charge in [0.2, 0.25) is 0 Å². The van der Waals surface area contributed by atoms with Crippen LogP contribution >= 0.6 is 0 Å². The molecule has 1 aromatic heterocycles. The molecule has 1 amide bonds. The SMILES string of the molecule is Nc1cnc(/C(F)=C/c2cc(C(=O)N[C@H]3C[C@H](OC(F)(F)F)C[C@@H]3O)ccc2OC(F)F)cn1. The number of nitrogens with two attached hydrogens (primary N) is 1. The topological polar surface area (TPSA) is 120 Å². The van der Waals surface area contributed by atoms with Crippen LogP contribution < -0.4 is 15.8 Å². The minimum atomic E-state index is -4.90. The molecular formula is C20H18F6N4O4. The van der Waals surface area contributed by atoms with Gasteiger partial charge in [-0.1, -0.05) is 0 Å². The fraction of sp³-hybridized carbons (Fsp3) is 0.350. The highest BCUT2D eigenvalue weighted by atomic mass is 19.4. The quantitative estimate of drug-likeness (QED) is 0.508. The summed E-state index contributed by atoms with van der Waals surface area (Å²) in [5.41, 5.74) is 4.70. The Bertz CT molecular complexity index is 1050. The summed E-state index contributed by atoms with van der Waals surface area (Å²) < 4.78 is 85.6. The molecule has 0 radical (unpaired) electrons. The van der Waals surface area contributed by atoms with E-state index in [-0.39, 0.29) is 35.5 Å². The van der Waals surface area contributed by atoms with Crippen molar-refractivity contribution < 1.29 is 45.7 Å². The maximum absolute atomic E-state index is 14.6. The third-order valence-corrected chi connectivity index (χ3v) is 4.79. The van der Waals surface area contributed by atoms with Crippen LogP contribution in [0.25, 0.3) is 11.9 Å². The summed E-state index contributed by atoms with van der Waals surface area (Å²) in [6.45, 7) is -3.24. The monoisotopic (exact) mass is 492 g/mol. The summed E-state index contributed by atoms with van der Waals surface area (Å²) in [5, 5.41) is 12.3. The molecule has 3 rings (SSSR count). The molecule has 1 aliphatic rings. The summed E-state index contributed by atoms with van der Waals surface area (Å²) in [7, 11) is 0. The number of alkyl halides is 5. The number of rotatable bonds is 7. The summed E-state index contributed by atoms with van der Waals surface area (Å²) in [4.78, 5) is 20.0. The molecule has 0 aliphatic heterocycles. The Kier molecular flexibility index (Phi) is 7.61. The lowest BCUT2D eigenvalue weighted by Crippen LogP contribution is -2.40. The first-order valence-electron chi connectivity index (χ1n) is 9.68. The van der Waals surface area contributed by atoms with Crippen molar-refractivity contribution in [1.82, 2.24) is 15.3 Å². The molecule has 0 spiro atoms. The zero-order valence-electron chi connectivity index (χ0n) is 17.1. The van der Waals surface area contributed by atoms with Crippen LogP contribution in [-0.2, 0) is 4.74 Å². The molecule has 14 heteroatoms. The van der Waals surface area contributed by atoms with Crippen molar-refractivity contribution in [3.05, 3.63) is 47.4 Å². The van der Waals surface area contributed by atoms with Crippen molar-refractivity contribution in [2.24, 2.45) is 0 Å². The van der Waals surface area contributed by atoms with Crippen molar-refractivity contribution in [2.45, 2.75) is 44.1 Å². The van der Waals surface area contributed by atoms with Gasteiger partial charge in [-0.25, -0.2) is 14.4 Å². The maximum atomic E-state index is 14.6. The molecule has 184 valence electrons. The fourth-order valence-corrected chi connectivity index (χ4v) is 3.34. The van der Waals surface area contributed by atoms with E-state index in [4.69, 9.17) is 5.73 Å². The van der Waals surface area contributed by atoms with Gasteiger partial charge < -0.3 is 20.9 Å². The van der Waals surface area contributed by atoms with E-state index in [9.17, 15) is 36.2 Å². The Morgan fingerprint density at radius 3 is 2.59 bits per heavy atom. The standard InChI is InChI=1S/C20H18F6N4O4/c21-12(14-7-29-17(27)8-28-14)4-10-3-9(1-2-16(10)33-19(22)23)18(32)30-13-5-11(6-15(13)31)34-20(24,25)26/h1-4,7-8,11,13,15,19,31H,5-6H2,(H2,27,29)(H,30,32)/b12-4-/t11-,13-,15-/m0/s1. The predicted octanol–water partition coefficient (Wildman–Crippen LogP) is 3.29. The molecule has 3 atom stereocenters. The molecule has 2 aromatic rings. The second-order valence-electron chi connectivity index (χ2n) is 7.25. The van der Waals surface area contributed by atoms with Gasteiger partial charge in [-0.15, -0.1) is 13.2 Å². The molecule has 1 aliphatic carbocycles. The normalized spacial score (nSPS) is 21.1. The number of nitrogens with one attached hydrogen (secondary N) is 1. The van der Waals surface area contributed by atoms with Crippen LogP contribution in [0.5, 0.6) is 5.75 Å². The number of amides is 1. The van der Waals surface area contributed by atoms with E-state index in [1.54, 1.807) is 0 Å². The highest BCUT2D eigenvalue weighted by molar-refractivity contribution is 5.96. The van der Waals surface area contributed by atoms with Crippen molar-refractivity contribution in [3.63, 3.8) is 0 Å². The Morgan fingerprint density at radius 1 is 1.24 bits per heavy atom. The number of anilines is 1. The third-order valence-electron chi connectivity index (χ3n) is 4.79. The zero-order chi connectivity index (χ0) is 25.0. The number of carbonyl (C=O) groups excluding carboxylic acids is 1. The summed E-state index contributed by atoms with van der Waals surface area (Å²) in [6.07, 6.45) is -5.35. The van der Waals surface area contributed by atoms with E-state index in [2.05, 4.69) is 24.8 Å². The lowest BCUT2D eigenvalue weighted by Gasteiger charge is -2.17. The molecule has 0 unspecified atom stereocenters. The Balaban J connectivity index is 1.81. The first-order chi connectivity index (χ1) is 15.9. The molecule has 8 nitrogen and oxygen atoms in total. The van der Waals surface area contributed by atoms with Crippen LogP contribution in [0.1, 0.15) is 34.5 Å². The Hall–Kier alpha value is -3.39. The second-order valence-corrected chi connectivity index (χ2v) is 7.25. The van der Waals surface area contributed by atoms with Gasteiger partial charge >= 0.3 is 13.0 Å². The van der Waals surface area contributed by atoms with Crippen molar-refractivity contribution >= 4 is 23.6 Å². The highest BCUT2D eigenvalue weighted by Crippen LogP contribution is 2.30. The molecule has 1 aromatic carbocycles. The molecule has 1 saturated carbocycles. The lowest BCUT2D eigenvalue weighted by atomic mass is 10.1. The van der Waals surface area contributed by atoms with E-state index < -0.39 is 48.7 Å². The lowest BCUT2D eigenvalue weighted by molar-refractivity contribution is -0.342. The Labute approximate surface area is 188 Å². The van der Waals surface area contributed by atoms with Crippen LogP contribution in [-0.4, -0.2) is 52.2 Å². The number of aliphatic hydroxyl groups is 1. The smallest absolute Gasteiger partial charge is 0.434 e. The first kappa shape index (κ1) is 25.2. The average molecular weight is 492 g/mol. The van der Waals surface area contributed by atoms with Gasteiger partial charge in [0, 0.05) is 17.5 Å². The van der Waals surface area contributed by atoms with Crippen molar-refractivity contribution in [3.8, 4) is 5.75 Å². The van der Waals surface area contributed by atoms with Gasteiger partial charge in [-0.2, -0.15) is 8.78 Å². The molecule has 0 bridgehead atoms. The van der Waals surface area contributed by atoms with E-state index in [1.807, 2.05) is 0 Å². The van der Waals surface area contributed by atoms with Crippen LogP contribution in [0.15, 0.2) is 30.6 Å². The first-order valence-corrected chi connectivity index (χ1v) is 9.68. The molecule has 34 heavy (non-hydrogen) atoms. The average Bonchev–Trinajstić information content (AvgIpc) is 3.06. The van der Waals surface area contributed by atoms with Gasteiger partial charge in [-0.3, -0.25) is 9.53 Å². The number of carbonyl (C=O) groups is 1. The number of nitrogens with zero attached hydrogens (tertiary/aromatic N) is 2. The van der Waals surface area contributed by atoms with Gasteiger partial charge in [0.05, 0.1) is 30.6 Å². The molecular weight excluding hydrogens is 474 g/mol. The number of halogens is 6. The van der Waals surface area contributed by atoms with Crippen molar-refractivity contribution in [2.75, 3.05) is 5.73 Å². The minimum absolute atomic E-state index is 0.0221. The number of hydrogen-bond donors (Lipinski definition) is 3. The van der Waals surface area contributed by atoms with E-state index >= 15 is 0 Å². The van der Waals surface area contributed by atoms with Crippen LogP contribution in [0.3, 0.4) is 0 Å². The maximum Gasteiger partial charge on any atom is 0.522 e. The Morgan fingerprint density at radius 2 is 1.97 bits per heavy atom. The van der Waals surface area contributed by atoms with Gasteiger partial charge in [0.1, 0.15) is 17.3 Å². The van der Waals surface area contributed by atoms with E-state index in [0.29, 0.717) is 0 Å². The largest absolute Gasteiger partial charge is 0.522 e. The summed E-state index contributed by atoms with van der Waals surface area (Å²) >= 11 is 0. The number of benzene rings is 1. The summed E-state index contributed by atoms with van der Waals surface area (Å²) in [6, 6.07) is 2.06. The fourth-order valence-electron chi connectivity index (χ4n) is 3.34. The number of nitrogen functional groups attached to an aromatic ring is 1. The molecule has 4 N–H and O–H groups in total. The third kappa shape index (κ3) is 6.81. The van der Waals surface area contributed by atoms with Gasteiger partial charge in [0.25, 0.3) is 5.91 Å². The van der Waals surface area contributed by atoms with Crippen LogP contribution in [0.2, 0.25) is 0 Å². The number of ether oxygens (including phenoxy) is 2. The predicted molar refractivity (Wildman–Crippen MR) is 106 cm³/mol. The second kappa shape index (κ2) is 10.3. The van der Waals surface area contributed by atoms with E-state index in [0.717, 1.165) is 36.7 Å². The van der Waals surface area contributed by atoms with E-state index in [1.165, 1.54) is 0 Å². The van der Waals surface area contributed by atoms with Crippen molar-refractivity contribution in [1.29, 1.82) is 0 Å². The highest BCUT2D eigenvalue weighted by Gasteiger charge is 2.41. The number of aromatic nitrogens is 2. The number of hydrogen-bond acceptors (Lipinski definition) is 7. The zero-order valence-corrected chi connectivity index (χ0v) is 17.1. The molecule has 1 heterocycles. The molecule has 0 saturated heterocycles. The molecule has 1 fully saturated rings. The van der Waals surface area contributed by atoms with Crippen LogP contribution in [0.4, 0.5) is 32.2 Å².